The smallest absolute Gasteiger partial charge is 0.261 e. The molecule has 1 unspecified atom stereocenters. The summed E-state index contributed by atoms with van der Waals surface area (Å²) < 4.78 is 28.2. The van der Waals surface area contributed by atoms with Gasteiger partial charge in [-0.25, -0.2) is 8.42 Å². The predicted molar refractivity (Wildman–Crippen MR) is 135 cm³/mol. The zero-order valence-corrected chi connectivity index (χ0v) is 19.8. The molecule has 1 atom stereocenters. The van der Waals surface area contributed by atoms with Crippen LogP contribution in [0.1, 0.15) is 12.5 Å². The first-order valence-electron chi connectivity index (χ1n) is 11.4. The summed E-state index contributed by atoms with van der Waals surface area (Å²) in [7, 11) is -3.62. The van der Waals surface area contributed by atoms with E-state index in [0.717, 1.165) is 38.3 Å². The lowest BCUT2D eigenvalue weighted by Crippen LogP contribution is -2.50. The molecule has 0 spiro atoms. The van der Waals surface area contributed by atoms with Gasteiger partial charge < -0.3 is 10.2 Å². The molecule has 1 heterocycles. The number of para-hydroxylation sites is 2. The summed E-state index contributed by atoms with van der Waals surface area (Å²) in [6.07, 6.45) is 0. The Hall–Kier alpha value is -2.87. The summed E-state index contributed by atoms with van der Waals surface area (Å²) in [5.41, 5.74) is 2.83. The van der Waals surface area contributed by atoms with Crippen LogP contribution in [0.25, 0.3) is 0 Å². The van der Waals surface area contributed by atoms with E-state index in [-0.39, 0.29) is 10.9 Å². The van der Waals surface area contributed by atoms with E-state index in [1.165, 1.54) is 5.69 Å². The van der Waals surface area contributed by atoms with Gasteiger partial charge in [-0.1, -0.05) is 54.6 Å². The normalized spacial score (nSPS) is 15.8. The average molecular weight is 465 g/mol. The molecule has 0 saturated carbocycles. The van der Waals surface area contributed by atoms with Crippen molar-refractivity contribution in [1.29, 1.82) is 0 Å². The fraction of sp³-hybridized carbons (Fsp3) is 0.308. The Morgan fingerprint density at radius 1 is 0.818 bits per heavy atom. The Labute approximate surface area is 197 Å². The molecule has 0 amide bonds. The maximum Gasteiger partial charge on any atom is 0.261 e. The van der Waals surface area contributed by atoms with Gasteiger partial charge in [0.25, 0.3) is 10.0 Å². The molecule has 1 aliphatic heterocycles. The van der Waals surface area contributed by atoms with Gasteiger partial charge in [0.2, 0.25) is 0 Å². The number of rotatable bonds is 9. The maximum absolute atomic E-state index is 12.7. The van der Waals surface area contributed by atoms with Crippen molar-refractivity contribution in [3.63, 3.8) is 0 Å². The summed E-state index contributed by atoms with van der Waals surface area (Å²) in [4.78, 5) is 5.18. The first kappa shape index (κ1) is 23.3. The van der Waals surface area contributed by atoms with Crippen molar-refractivity contribution in [3.8, 4) is 0 Å². The zero-order chi connectivity index (χ0) is 23.1. The van der Waals surface area contributed by atoms with Gasteiger partial charge in [0, 0.05) is 51.0 Å². The van der Waals surface area contributed by atoms with Crippen LogP contribution in [0.4, 0.5) is 11.4 Å². The number of benzene rings is 3. The van der Waals surface area contributed by atoms with Crippen molar-refractivity contribution in [2.24, 2.45) is 0 Å². The van der Waals surface area contributed by atoms with E-state index in [1.54, 1.807) is 30.3 Å². The molecule has 0 aliphatic carbocycles. The van der Waals surface area contributed by atoms with Crippen molar-refractivity contribution in [2.75, 3.05) is 42.3 Å². The van der Waals surface area contributed by atoms with Gasteiger partial charge in [-0.3, -0.25) is 9.62 Å². The van der Waals surface area contributed by atoms with E-state index in [2.05, 4.69) is 57.1 Å². The molecule has 0 radical (unpaired) electrons. The van der Waals surface area contributed by atoms with Crippen LogP contribution in [0.5, 0.6) is 0 Å². The largest absolute Gasteiger partial charge is 0.369 e. The number of anilines is 2. The summed E-state index contributed by atoms with van der Waals surface area (Å²) in [6.45, 7) is 7.86. The summed E-state index contributed by atoms with van der Waals surface area (Å²) in [6, 6.07) is 26.9. The molecule has 0 aromatic heterocycles. The number of nitrogens with one attached hydrogen (secondary N) is 2. The van der Waals surface area contributed by atoms with Gasteiger partial charge in [-0.2, -0.15) is 0 Å². The van der Waals surface area contributed by atoms with Crippen LogP contribution in [0.15, 0.2) is 89.8 Å². The van der Waals surface area contributed by atoms with Gasteiger partial charge in [-0.05, 0) is 42.8 Å². The molecule has 174 valence electrons. The van der Waals surface area contributed by atoms with Crippen LogP contribution in [-0.4, -0.2) is 52.1 Å². The number of hydrogen-bond donors (Lipinski definition) is 2. The van der Waals surface area contributed by atoms with Gasteiger partial charge >= 0.3 is 0 Å². The molecular formula is C26H32N4O2S. The highest BCUT2D eigenvalue weighted by Gasteiger charge is 2.19. The molecule has 4 rings (SSSR count). The fourth-order valence-corrected chi connectivity index (χ4v) is 5.26. The molecule has 7 heteroatoms. The van der Waals surface area contributed by atoms with E-state index in [4.69, 9.17) is 0 Å². The molecule has 2 N–H and O–H groups in total. The van der Waals surface area contributed by atoms with E-state index in [1.807, 2.05) is 24.3 Å². The molecule has 3 aromatic rings. The third-order valence-electron chi connectivity index (χ3n) is 5.98. The Morgan fingerprint density at radius 2 is 1.42 bits per heavy atom. The van der Waals surface area contributed by atoms with Crippen LogP contribution in [0.3, 0.4) is 0 Å². The minimum Gasteiger partial charge on any atom is -0.369 e. The molecular weight excluding hydrogens is 432 g/mol. The molecule has 1 aliphatic rings. The lowest BCUT2D eigenvalue weighted by atomic mass is 10.1. The number of piperazine rings is 1. The van der Waals surface area contributed by atoms with Crippen molar-refractivity contribution >= 4 is 21.4 Å². The predicted octanol–water partition coefficient (Wildman–Crippen LogP) is 3.79. The Morgan fingerprint density at radius 3 is 2.12 bits per heavy atom. The minimum atomic E-state index is -3.62. The summed E-state index contributed by atoms with van der Waals surface area (Å²) >= 11 is 0. The second-order valence-corrected chi connectivity index (χ2v) is 10.2. The SMILES string of the molecule is CC(CN1CCN(c2ccccc2)CC1)NCc1ccccc1NS(=O)(=O)c1ccccc1. The van der Waals surface area contributed by atoms with Crippen LogP contribution in [0.2, 0.25) is 0 Å². The average Bonchev–Trinajstić information content (AvgIpc) is 2.85. The third-order valence-corrected chi connectivity index (χ3v) is 7.36. The first-order chi connectivity index (χ1) is 16.0. The van der Waals surface area contributed by atoms with Crippen molar-refractivity contribution in [2.45, 2.75) is 24.4 Å². The van der Waals surface area contributed by atoms with E-state index in [9.17, 15) is 8.42 Å². The minimum absolute atomic E-state index is 0.260. The Bertz CT molecular complexity index is 1120. The number of sulfonamides is 1. The topological polar surface area (TPSA) is 64.7 Å². The van der Waals surface area contributed by atoms with Crippen LogP contribution >= 0.6 is 0 Å². The number of hydrogen-bond acceptors (Lipinski definition) is 5. The quantitative estimate of drug-likeness (QED) is 0.505. The molecule has 33 heavy (non-hydrogen) atoms. The van der Waals surface area contributed by atoms with E-state index < -0.39 is 10.0 Å². The molecule has 3 aromatic carbocycles. The van der Waals surface area contributed by atoms with Crippen molar-refractivity contribution in [1.82, 2.24) is 10.2 Å². The molecule has 1 saturated heterocycles. The van der Waals surface area contributed by atoms with Crippen molar-refractivity contribution in [3.05, 3.63) is 90.5 Å². The Balaban J connectivity index is 1.29. The van der Waals surface area contributed by atoms with Crippen LogP contribution in [0, 0.1) is 0 Å². The lowest BCUT2D eigenvalue weighted by molar-refractivity contribution is 0.233. The van der Waals surface area contributed by atoms with Gasteiger partial charge in [0.1, 0.15) is 0 Å². The van der Waals surface area contributed by atoms with E-state index in [0.29, 0.717) is 12.2 Å². The van der Waals surface area contributed by atoms with Gasteiger partial charge in [-0.15, -0.1) is 0 Å². The number of nitrogens with zero attached hydrogens (tertiary/aromatic N) is 2. The monoisotopic (exact) mass is 464 g/mol. The standard InChI is InChI=1S/C26H32N4O2S/c1-22(21-29-16-18-30(19-17-29)24-11-4-2-5-12-24)27-20-23-10-8-9-15-26(23)28-33(31,32)25-13-6-3-7-14-25/h2-15,22,27-28H,16-21H2,1H3. The first-order valence-corrected chi connectivity index (χ1v) is 12.9. The van der Waals surface area contributed by atoms with Crippen LogP contribution in [-0.2, 0) is 16.6 Å². The highest BCUT2D eigenvalue weighted by molar-refractivity contribution is 7.92. The van der Waals surface area contributed by atoms with Gasteiger partial charge in [0.15, 0.2) is 0 Å². The lowest BCUT2D eigenvalue weighted by Gasteiger charge is -2.37. The second kappa shape index (κ2) is 10.8. The second-order valence-electron chi connectivity index (χ2n) is 8.48. The summed E-state index contributed by atoms with van der Waals surface area (Å²) in [5.74, 6) is 0. The fourth-order valence-electron chi connectivity index (χ4n) is 4.14. The summed E-state index contributed by atoms with van der Waals surface area (Å²) in [5, 5.41) is 3.56. The van der Waals surface area contributed by atoms with Crippen LogP contribution < -0.4 is 14.9 Å². The molecule has 0 bridgehead atoms. The highest BCUT2D eigenvalue weighted by atomic mass is 32.2. The molecule has 1 fully saturated rings. The third kappa shape index (κ3) is 6.35. The maximum atomic E-state index is 12.7. The Kier molecular flexibility index (Phi) is 7.65. The highest BCUT2D eigenvalue weighted by Crippen LogP contribution is 2.20. The molecule has 6 nitrogen and oxygen atoms in total. The van der Waals surface area contributed by atoms with Crippen molar-refractivity contribution < 1.29 is 8.42 Å². The van der Waals surface area contributed by atoms with Gasteiger partial charge in [0.05, 0.1) is 10.6 Å². The van der Waals surface area contributed by atoms with E-state index >= 15 is 0 Å². The zero-order valence-electron chi connectivity index (χ0n) is 19.0.